The maximum absolute atomic E-state index is 12.4. The third kappa shape index (κ3) is 3.35. The summed E-state index contributed by atoms with van der Waals surface area (Å²) in [5.74, 6) is 1.06. The summed E-state index contributed by atoms with van der Waals surface area (Å²) in [6.07, 6.45) is 0. The second-order valence-corrected chi connectivity index (χ2v) is 7.50. The van der Waals surface area contributed by atoms with Gasteiger partial charge in [-0.25, -0.2) is 0 Å². The van der Waals surface area contributed by atoms with Crippen molar-refractivity contribution >= 4 is 23.3 Å². The zero-order valence-corrected chi connectivity index (χ0v) is 17.8. The molecule has 0 spiro atoms. The Kier molecular flexibility index (Phi) is 5.30. The largest absolute Gasteiger partial charge is 0.497 e. The topological polar surface area (TPSA) is 78.6 Å². The molecule has 0 N–H and O–H groups in total. The number of aryl methyl sites for hydroxylation is 1. The molecular weight excluding hydrogens is 404 g/mol. The number of benzene rings is 2. The van der Waals surface area contributed by atoms with Crippen LogP contribution in [-0.2, 0) is 9.53 Å². The van der Waals surface area contributed by atoms with E-state index >= 15 is 0 Å². The van der Waals surface area contributed by atoms with E-state index in [4.69, 9.17) is 26.1 Å². The molecule has 0 amide bonds. The summed E-state index contributed by atoms with van der Waals surface area (Å²) in [5.41, 5.74) is 3.29. The molecular formula is C22H21ClN4O3. The van der Waals surface area contributed by atoms with Crippen LogP contribution in [-0.4, -0.2) is 40.7 Å². The van der Waals surface area contributed by atoms with E-state index in [0.29, 0.717) is 28.1 Å². The zero-order chi connectivity index (χ0) is 21.4. The summed E-state index contributed by atoms with van der Waals surface area (Å²) < 4.78 is 12.4. The van der Waals surface area contributed by atoms with Crippen LogP contribution < -0.4 is 4.74 Å². The Morgan fingerprint density at radius 2 is 1.87 bits per heavy atom. The fraction of sp³-hybridized carbons (Fsp3) is 0.273. The van der Waals surface area contributed by atoms with Crippen LogP contribution >= 0.6 is 11.6 Å². The number of hydrogen-bond acceptors (Lipinski definition) is 6. The normalized spacial score (nSPS) is 16.0. The van der Waals surface area contributed by atoms with Gasteiger partial charge in [0, 0.05) is 16.1 Å². The van der Waals surface area contributed by atoms with Gasteiger partial charge in [0.2, 0.25) is 0 Å². The summed E-state index contributed by atoms with van der Waals surface area (Å²) in [7, 11) is 2.99. The minimum atomic E-state index is -0.581. The summed E-state index contributed by atoms with van der Waals surface area (Å²) in [6, 6.07) is 12.6. The number of carbonyl (C=O) groups is 1. The first kappa shape index (κ1) is 20.1. The second kappa shape index (κ2) is 7.91. The SMILES string of the molecule is COC(=O)[C@H](C)[C@@H]1N=C(c2ccc(Cl)cc2)c2cc(OC)ccc2-n2c(C)nnc21. The lowest BCUT2D eigenvalue weighted by Gasteiger charge is -2.17. The molecule has 4 rings (SSSR count). The van der Waals surface area contributed by atoms with Crippen molar-refractivity contribution in [2.24, 2.45) is 10.9 Å². The summed E-state index contributed by atoms with van der Waals surface area (Å²) in [6.45, 7) is 3.65. The van der Waals surface area contributed by atoms with Gasteiger partial charge >= 0.3 is 5.97 Å². The van der Waals surface area contributed by atoms with E-state index in [1.54, 1.807) is 14.0 Å². The van der Waals surface area contributed by atoms with E-state index in [1.807, 2.05) is 54.0 Å². The van der Waals surface area contributed by atoms with Crippen LogP contribution in [0.15, 0.2) is 47.5 Å². The Morgan fingerprint density at radius 1 is 1.13 bits per heavy atom. The van der Waals surface area contributed by atoms with Gasteiger partial charge in [-0.2, -0.15) is 0 Å². The van der Waals surface area contributed by atoms with Crippen LogP contribution in [0, 0.1) is 12.8 Å². The molecule has 2 aromatic carbocycles. The lowest BCUT2D eigenvalue weighted by atomic mass is 9.99. The number of nitrogens with zero attached hydrogens (tertiary/aromatic N) is 4. The number of esters is 1. The van der Waals surface area contributed by atoms with Gasteiger partial charge in [0.1, 0.15) is 17.6 Å². The quantitative estimate of drug-likeness (QED) is 0.593. The van der Waals surface area contributed by atoms with Crippen molar-refractivity contribution in [2.45, 2.75) is 19.9 Å². The van der Waals surface area contributed by atoms with Gasteiger partial charge in [-0.3, -0.25) is 14.4 Å². The standard InChI is InChI=1S/C22H21ClN4O3/c1-12(22(28)30-4)19-21-26-25-13(2)27(21)18-10-9-16(29-3)11-17(18)20(24-19)14-5-7-15(23)8-6-14/h5-12,19H,1-4H3/t12-,19+/m1/s1. The molecule has 8 heteroatoms. The number of rotatable bonds is 4. The average molecular weight is 425 g/mol. The van der Waals surface area contributed by atoms with E-state index in [-0.39, 0.29) is 5.97 Å². The number of carbonyl (C=O) groups excluding carboxylic acids is 1. The summed E-state index contributed by atoms with van der Waals surface area (Å²) in [4.78, 5) is 17.4. The molecule has 30 heavy (non-hydrogen) atoms. The monoisotopic (exact) mass is 424 g/mol. The summed E-state index contributed by atoms with van der Waals surface area (Å²) >= 11 is 6.10. The van der Waals surface area contributed by atoms with Gasteiger partial charge in [-0.05, 0) is 44.2 Å². The van der Waals surface area contributed by atoms with E-state index in [2.05, 4.69) is 10.2 Å². The number of ether oxygens (including phenoxy) is 2. The Balaban J connectivity index is 2.03. The highest BCUT2D eigenvalue weighted by Crippen LogP contribution is 2.36. The molecule has 0 radical (unpaired) electrons. The van der Waals surface area contributed by atoms with Crippen molar-refractivity contribution < 1.29 is 14.3 Å². The predicted octanol–water partition coefficient (Wildman–Crippen LogP) is 3.94. The molecule has 2 atom stereocenters. The number of fused-ring (bicyclic) bond motifs is 3. The number of aromatic nitrogens is 3. The van der Waals surface area contributed by atoms with Gasteiger partial charge in [0.05, 0.1) is 31.5 Å². The highest BCUT2D eigenvalue weighted by molar-refractivity contribution is 6.30. The van der Waals surface area contributed by atoms with E-state index in [9.17, 15) is 4.79 Å². The van der Waals surface area contributed by atoms with Gasteiger partial charge < -0.3 is 9.47 Å². The van der Waals surface area contributed by atoms with Crippen molar-refractivity contribution in [2.75, 3.05) is 14.2 Å². The van der Waals surface area contributed by atoms with Gasteiger partial charge in [0.15, 0.2) is 5.82 Å². The molecule has 1 aromatic heterocycles. The van der Waals surface area contributed by atoms with Crippen molar-refractivity contribution in [3.05, 3.63) is 70.3 Å². The number of halogens is 1. The number of aliphatic imine (C=N–C) groups is 1. The Morgan fingerprint density at radius 3 is 2.53 bits per heavy atom. The zero-order valence-electron chi connectivity index (χ0n) is 17.1. The number of hydrogen-bond donors (Lipinski definition) is 0. The molecule has 1 aliphatic rings. The van der Waals surface area contributed by atoms with E-state index in [1.165, 1.54) is 7.11 Å². The highest BCUT2D eigenvalue weighted by Gasteiger charge is 2.35. The highest BCUT2D eigenvalue weighted by atomic mass is 35.5. The molecule has 3 aromatic rings. The molecule has 0 unspecified atom stereocenters. The molecule has 0 aliphatic carbocycles. The van der Waals surface area contributed by atoms with Crippen LogP contribution in [0.25, 0.3) is 5.69 Å². The maximum Gasteiger partial charge on any atom is 0.311 e. The first-order chi connectivity index (χ1) is 14.4. The van der Waals surface area contributed by atoms with E-state index < -0.39 is 12.0 Å². The molecule has 0 fully saturated rings. The molecule has 0 bridgehead atoms. The molecule has 7 nitrogen and oxygen atoms in total. The lowest BCUT2D eigenvalue weighted by Crippen LogP contribution is -2.22. The molecule has 1 aliphatic heterocycles. The minimum Gasteiger partial charge on any atom is -0.497 e. The van der Waals surface area contributed by atoms with Crippen molar-refractivity contribution in [3.8, 4) is 11.4 Å². The van der Waals surface area contributed by atoms with Gasteiger partial charge in [-0.1, -0.05) is 23.7 Å². The van der Waals surface area contributed by atoms with Crippen LogP contribution in [0.2, 0.25) is 5.02 Å². The first-order valence-corrected chi connectivity index (χ1v) is 9.84. The van der Waals surface area contributed by atoms with Crippen molar-refractivity contribution in [1.82, 2.24) is 14.8 Å². The third-order valence-corrected chi connectivity index (χ3v) is 5.50. The predicted molar refractivity (Wildman–Crippen MR) is 114 cm³/mol. The van der Waals surface area contributed by atoms with Crippen molar-refractivity contribution in [3.63, 3.8) is 0 Å². The van der Waals surface area contributed by atoms with Crippen LogP contribution in [0.3, 0.4) is 0 Å². The smallest absolute Gasteiger partial charge is 0.311 e. The molecule has 2 heterocycles. The lowest BCUT2D eigenvalue weighted by molar-refractivity contribution is -0.145. The second-order valence-electron chi connectivity index (χ2n) is 7.07. The average Bonchev–Trinajstić information content (AvgIpc) is 3.07. The Labute approximate surface area is 179 Å². The Bertz CT molecular complexity index is 1140. The van der Waals surface area contributed by atoms with Crippen molar-refractivity contribution in [1.29, 1.82) is 0 Å². The van der Waals surface area contributed by atoms with Gasteiger partial charge in [0.25, 0.3) is 0 Å². The molecule has 154 valence electrons. The van der Waals surface area contributed by atoms with Crippen LogP contribution in [0.1, 0.15) is 35.7 Å². The maximum atomic E-state index is 12.4. The first-order valence-electron chi connectivity index (χ1n) is 9.47. The fourth-order valence-corrected chi connectivity index (χ4v) is 3.78. The minimum absolute atomic E-state index is 0.366. The van der Waals surface area contributed by atoms with Gasteiger partial charge in [-0.15, -0.1) is 10.2 Å². The number of methoxy groups -OCH3 is 2. The fourth-order valence-electron chi connectivity index (χ4n) is 3.65. The molecule has 0 saturated carbocycles. The molecule has 0 saturated heterocycles. The Hall–Kier alpha value is -3.19. The van der Waals surface area contributed by atoms with Crippen LogP contribution in [0.4, 0.5) is 0 Å². The summed E-state index contributed by atoms with van der Waals surface area (Å²) in [5, 5.41) is 9.25. The van der Waals surface area contributed by atoms with Crippen LogP contribution in [0.5, 0.6) is 5.75 Å². The third-order valence-electron chi connectivity index (χ3n) is 5.25. The van der Waals surface area contributed by atoms with E-state index in [0.717, 1.165) is 16.8 Å².